The summed E-state index contributed by atoms with van der Waals surface area (Å²) in [6.45, 7) is 6.05. The number of benzene rings is 1. The molecule has 0 saturated carbocycles. The number of nitrogens with zero attached hydrogens (tertiary/aromatic N) is 1. The summed E-state index contributed by atoms with van der Waals surface area (Å²) >= 11 is 0. The second kappa shape index (κ2) is 6.19. The van der Waals surface area contributed by atoms with E-state index in [2.05, 4.69) is 10.6 Å². The molecule has 102 valence electrons. The standard InChI is InChI=1S/C14H18FN3O/c1-14(2,3)18-13(19)7-8-17-12-6-4-5-11(15)10(12)9-16/h4-6,17H,7-8H2,1-3H3,(H,18,19). The quantitative estimate of drug-likeness (QED) is 0.876. The highest BCUT2D eigenvalue weighted by molar-refractivity contribution is 5.77. The fraction of sp³-hybridized carbons (Fsp3) is 0.429. The molecule has 0 fully saturated rings. The van der Waals surface area contributed by atoms with Crippen LogP contribution in [0.4, 0.5) is 10.1 Å². The molecule has 0 radical (unpaired) electrons. The van der Waals surface area contributed by atoms with E-state index in [9.17, 15) is 9.18 Å². The number of hydrogen-bond donors (Lipinski definition) is 2. The third kappa shape index (κ3) is 4.96. The van der Waals surface area contributed by atoms with Crippen molar-refractivity contribution in [2.24, 2.45) is 0 Å². The van der Waals surface area contributed by atoms with Crippen molar-refractivity contribution in [3.63, 3.8) is 0 Å². The lowest BCUT2D eigenvalue weighted by molar-refractivity contribution is -0.122. The Bertz CT molecular complexity index is 500. The predicted molar refractivity (Wildman–Crippen MR) is 72.1 cm³/mol. The zero-order chi connectivity index (χ0) is 14.5. The SMILES string of the molecule is CC(C)(C)NC(=O)CCNc1cccc(F)c1C#N. The molecule has 1 aromatic carbocycles. The zero-order valence-electron chi connectivity index (χ0n) is 11.4. The summed E-state index contributed by atoms with van der Waals surface area (Å²) in [5.74, 6) is -0.651. The fourth-order valence-electron chi connectivity index (χ4n) is 1.58. The van der Waals surface area contributed by atoms with Crippen LogP contribution >= 0.6 is 0 Å². The maximum atomic E-state index is 13.3. The van der Waals surface area contributed by atoms with Gasteiger partial charge in [-0.3, -0.25) is 4.79 Å². The van der Waals surface area contributed by atoms with Crippen molar-refractivity contribution in [2.75, 3.05) is 11.9 Å². The summed E-state index contributed by atoms with van der Waals surface area (Å²) in [5.41, 5.74) is 0.109. The normalized spacial score (nSPS) is 10.7. The number of hydrogen-bond acceptors (Lipinski definition) is 3. The summed E-state index contributed by atoms with van der Waals surface area (Å²) in [6, 6.07) is 6.17. The molecule has 1 aromatic rings. The van der Waals surface area contributed by atoms with E-state index in [0.717, 1.165) is 0 Å². The van der Waals surface area contributed by atoms with E-state index in [4.69, 9.17) is 5.26 Å². The molecule has 0 saturated heterocycles. The Morgan fingerprint density at radius 2 is 2.11 bits per heavy atom. The smallest absolute Gasteiger partial charge is 0.222 e. The average Bonchev–Trinajstić information content (AvgIpc) is 2.26. The van der Waals surface area contributed by atoms with Crippen LogP contribution in [-0.4, -0.2) is 18.0 Å². The fourth-order valence-corrected chi connectivity index (χ4v) is 1.58. The van der Waals surface area contributed by atoms with Gasteiger partial charge in [0.2, 0.25) is 5.91 Å². The first-order valence-corrected chi connectivity index (χ1v) is 6.07. The van der Waals surface area contributed by atoms with Gasteiger partial charge in [0.05, 0.1) is 5.69 Å². The van der Waals surface area contributed by atoms with Gasteiger partial charge in [0.1, 0.15) is 17.4 Å². The number of anilines is 1. The van der Waals surface area contributed by atoms with Crippen LogP contribution in [0, 0.1) is 17.1 Å². The summed E-state index contributed by atoms with van der Waals surface area (Å²) in [4.78, 5) is 11.6. The van der Waals surface area contributed by atoms with Crippen molar-refractivity contribution < 1.29 is 9.18 Å². The number of carbonyl (C=O) groups is 1. The molecule has 0 bridgehead atoms. The predicted octanol–water partition coefficient (Wildman–Crippen LogP) is 2.41. The van der Waals surface area contributed by atoms with Gasteiger partial charge < -0.3 is 10.6 Å². The summed E-state index contributed by atoms with van der Waals surface area (Å²) in [5, 5.41) is 14.6. The molecule has 0 aliphatic rings. The third-order valence-electron chi connectivity index (χ3n) is 2.31. The second-order valence-electron chi connectivity index (χ2n) is 5.25. The first-order valence-electron chi connectivity index (χ1n) is 6.07. The molecule has 0 heterocycles. The van der Waals surface area contributed by atoms with Gasteiger partial charge in [0.15, 0.2) is 0 Å². The van der Waals surface area contributed by atoms with E-state index >= 15 is 0 Å². The highest BCUT2D eigenvalue weighted by Gasteiger charge is 2.13. The molecule has 0 unspecified atom stereocenters. The number of halogens is 1. The number of amides is 1. The minimum atomic E-state index is -0.563. The summed E-state index contributed by atoms with van der Waals surface area (Å²) in [6.07, 6.45) is 0.263. The molecule has 5 heteroatoms. The van der Waals surface area contributed by atoms with Crippen molar-refractivity contribution in [2.45, 2.75) is 32.7 Å². The zero-order valence-corrected chi connectivity index (χ0v) is 11.4. The Morgan fingerprint density at radius 3 is 2.68 bits per heavy atom. The Hall–Kier alpha value is -2.09. The third-order valence-corrected chi connectivity index (χ3v) is 2.31. The highest BCUT2D eigenvalue weighted by atomic mass is 19.1. The minimum Gasteiger partial charge on any atom is -0.383 e. The molecule has 0 atom stereocenters. The van der Waals surface area contributed by atoms with Gasteiger partial charge in [0.25, 0.3) is 0 Å². The summed E-state index contributed by atoms with van der Waals surface area (Å²) < 4.78 is 13.3. The molecule has 1 rings (SSSR count). The van der Waals surface area contributed by atoms with Gasteiger partial charge in [-0.2, -0.15) is 5.26 Å². The summed E-state index contributed by atoms with van der Waals surface area (Å²) in [7, 11) is 0. The van der Waals surface area contributed by atoms with Crippen LogP contribution in [0.1, 0.15) is 32.8 Å². The van der Waals surface area contributed by atoms with E-state index in [1.54, 1.807) is 12.1 Å². The Labute approximate surface area is 112 Å². The largest absolute Gasteiger partial charge is 0.383 e. The van der Waals surface area contributed by atoms with Gasteiger partial charge >= 0.3 is 0 Å². The first kappa shape index (κ1) is 15.0. The molecule has 1 amide bonds. The Balaban J connectivity index is 2.53. The molecule has 0 aliphatic heterocycles. The second-order valence-corrected chi connectivity index (χ2v) is 5.25. The van der Waals surface area contributed by atoms with Crippen LogP contribution in [0.5, 0.6) is 0 Å². The first-order chi connectivity index (χ1) is 8.83. The van der Waals surface area contributed by atoms with Crippen molar-refractivity contribution in [1.82, 2.24) is 5.32 Å². The number of carbonyl (C=O) groups excluding carboxylic acids is 1. The van der Waals surface area contributed by atoms with Gasteiger partial charge in [0, 0.05) is 18.5 Å². The van der Waals surface area contributed by atoms with Crippen LogP contribution in [-0.2, 0) is 4.79 Å². The topological polar surface area (TPSA) is 64.9 Å². The van der Waals surface area contributed by atoms with Crippen molar-refractivity contribution >= 4 is 11.6 Å². The highest BCUT2D eigenvalue weighted by Crippen LogP contribution is 2.17. The van der Waals surface area contributed by atoms with Crippen LogP contribution in [0.2, 0.25) is 0 Å². The Morgan fingerprint density at radius 1 is 1.42 bits per heavy atom. The lowest BCUT2D eigenvalue weighted by Crippen LogP contribution is -2.41. The van der Waals surface area contributed by atoms with E-state index in [-0.39, 0.29) is 23.4 Å². The van der Waals surface area contributed by atoms with Crippen molar-refractivity contribution in [3.8, 4) is 6.07 Å². The van der Waals surface area contributed by atoms with Gasteiger partial charge in [-0.25, -0.2) is 4.39 Å². The van der Waals surface area contributed by atoms with E-state index in [1.807, 2.05) is 20.8 Å². The number of rotatable bonds is 4. The van der Waals surface area contributed by atoms with E-state index in [0.29, 0.717) is 12.2 Å². The number of nitriles is 1. The molecular formula is C14H18FN3O. The molecule has 0 aliphatic carbocycles. The minimum absolute atomic E-state index is 0.0290. The molecule has 19 heavy (non-hydrogen) atoms. The van der Waals surface area contributed by atoms with Gasteiger partial charge in [-0.05, 0) is 32.9 Å². The maximum Gasteiger partial charge on any atom is 0.222 e. The lowest BCUT2D eigenvalue weighted by Gasteiger charge is -2.20. The van der Waals surface area contributed by atoms with Gasteiger partial charge in [-0.15, -0.1) is 0 Å². The van der Waals surface area contributed by atoms with Gasteiger partial charge in [-0.1, -0.05) is 6.07 Å². The molecule has 4 nitrogen and oxygen atoms in total. The number of nitrogens with one attached hydrogen (secondary N) is 2. The molecular weight excluding hydrogens is 245 g/mol. The van der Waals surface area contributed by atoms with E-state index < -0.39 is 5.82 Å². The van der Waals surface area contributed by atoms with E-state index in [1.165, 1.54) is 12.1 Å². The molecule has 0 aromatic heterocycles. The lowest BCUT2D eigenvalue weighted by atomic mass is 10.1. The van der Waals surface area contributed by atoms with Crippen LogP contribution in [0.15, 0.2) is 18.2 Å². The van der Waals surface area contributed by atoms with Crippen LogP contribution in [0.25, 0.3) is 0 Å². The van der Waals surface area contributed by atoms with Crippen molar-refractivity contribution in [3.05, 3.63) is 29.6 Å². The monoisotopic (exact) mass is 263 g/mol. The maximum absolute atomic E-state index is 13.3. The Kier molecular flexibility index (Phi) is 4.87. The molecule has 2 N–H and O–H groups in total. The average molecular weight is 263 g/mol. The van der Waals surface area contributed by atoms with Crippen LogP contribution in [0.3, 0.4) is 0 Å². The van der Waals surface area contributed by atoms with Crippen molar-refractivity contribution in [1.29, 1.82) is 5.26 Å². The molecule has 0 spiro atoms. The van der Waals surface area contributed by atoms with Crippen LogP contribution < -0.4 is 10.6 Å².